The van der Waals surface area contributed by atoms with E-state index in [1.165, 1.54) is 17.6 Å². The molecule has 0 saturated carbocycles. The second kappa shape index (κ2) is 11.4. The Labute approximate surface area is 240 Å². The molecule has 5 rings (SSSR count). The third-order valence-corrected chi connectivity index (χ3v) is 9.16. The first-order chi connectivity index (χ1) is 18.9. The van der Waals surface area contributed by atoms with Gasteiger partial charge in [0.05, 0.1) is 42.5 Å². The Morgan fingerprint density at radius 3 is 2.42 bits per heavy atom. The Hall–Kier alpha value is -2.58. The third-order valence-electron chi connectivity index (χ3n) is 7.43. The maximum Gasteiger partial charge on any atom is 0.238 e. The SMILES string of the molecule is COc1ncc(-c2nc(N3CCOCC3)nc3c(CN4CCN(C(C)(C)C)CC4)c(C)sc23)cc1NS(C)(=O)=O. The zero-order chi connectivity index (χ0) is 28.7. The highest BCUT2D eigenvalue weighted by molar-refractivity contribution is 7.92. The zero-order valence-electron chi connectivity index (χ0n) is 24.2. The molecule has 0 atom stereocenters. The van der Waals surface area contributed by atoms with Gasteiger partial charge in [-0.1, -0.05) is 0 Å². The van der Waals surface area contributed by atoms with Crippen LogP contribution in [-0.2, 0) is 21.3 Å². The number of nitrogens with zero attached hydrogens (tertiary/aromatic N) is 6. The van der Waals surface area contributed by atoms with Crippen LogP contribution in [0.3, 0.4) is 0 Å². The first kappa shape index (κ1) is 28.9. The van der Waals surface area contributed by atoms with Crippen LogP contribution >= 0.6 is 11.3 Å². The fourth-order valence-electron chi connectivity index (χ4n) is 5.23. The highest BCUT2D eigenvalue weighted by Crippen LogP contribution is 2.39. The van der Waals surface area contributed by atoms with Crippen molar-refractivity contribution >= 4 is 43.2 Å². The number of rotatable bonds is 7. The number of aryl methyl sites for hydroxylation is 1. The molecule has 40 heavy (non-hydrogen) atoms. The summed E-state index contributed by atoms with van der Waals surface area (Å²) in [7, 11) is -2.08. The van der Waals surface area contributed by atoms with Crippen molar-refractivity contribution in [2.75, 3.05) is 75.5 Å². The molecule has 1 N–H and O–H groups in total. The van der Waals surface area contributed by atoms with Crippen molar-refractivity contribution < 1.29 is 17.9 Å². The van der Waals surface area contributed by atoms with Gasteiger partial charge in [0.1, 0.15) is 5.69 Å². The average Bonchev–Trinajstić information content (AvgIpc) is 3.22. The monoisotopic (exact) mass is 589 g/mol. The molecule has 2 saturated heterocycles. The molecular weight excluding hydrogens is 550 g/mol. The number of pyridine rings is 1. The minimum absolute atomic E-state index is 0.170. The summed E-state index contributed by atoms with van der Waals surface area (Å²) >= 11 is 1.67. The molecule has 0 amide bonds. The summed E-state index contributed by atoms with van der Waals surface area (Å²) in [5, 5.41) is 0. The molecule has 0 unspecified atom stereocenters. The van der Waals surface area contributed by atoms with Gasteiger partial charge in [0, 0.05) is 73.6 Å². The number of methoxy groups -OCH3 is 1. The van der Waals surface area contributed by atoms with Gasteiger partial charge in [-0.25, -0.2) is 23.4 Å². The molecule has 3 aromatic rings. The first-order valence-corrected chi connectivity index (χ1v) is 16.3. The average molecular weight is 590 g/mol. The Balaban J connectivity index is 1.57. The number of aromatic nitrogens is 3. The Morgan fingerprint density at radius 1 is 1.10 bits per heavy atom. The second-order valence-corrected chi connectivity index (χ2v) is 14.3. The Morgan fingerprint density at radius 2 is 1.80 bits per heavy atom. The van der Waals surface area contributed by atoms with Gasteiger partial charge in [-0.3, -0.25) is 14.5 Å². The fourth-order valence-corrected chi connectivity index (χ4v) is 6.89. The number of ether oxygens (including phenoxy) is 2. The number of nitrogens with one attached hydrogen (secondary N) is 1. The van der Waals surface area contributed by atoms with E-state index in [1.807, 2.05) is 0 Å². The van der Waals surface area contributed by atoms with Crippen LogP contribution in [0.5, 0.6) is 5.88 Å². The zero-order valence-corrected chi connectivity index (χ0v) is 25.8. The summed E-state index contributed by atoms with van der Waals surface area (Å²) in [5.41, 5.74) is 4.03. The number of sulfonamides is 1. The van der Waals surface area contributed by atoms with Crippen LogP contribution in [0.15, 0.2) is 12.3 Å². The summed E-state index contributed by atoms with van der Waals surface area (Å²) in [6, 6.07) is 1.73. The summed E-state index contributed by atoms with van der Waals surface area (Å²) in [6.45, 7) is 16.5. The molecule has 0 spiro atoms. The van der Waals surface area contributed by atoms with Crippen molar-refractivity contribution in [3.63, 3.8) is 0 Å². The van der Waals surface area contributed by atoms with Gasteiger partial charge in [-0.15, -0.1) is 11.3 Å². The van der Waals surface area contributed by atoms with Crippen LogP contribution in [0.4, 0.5) is 11.6 Å². The van der Waals surface area contributed by atoms with E-state index in [2.05, 4.69) is 52.1 Å². The number of hydrogen-bond acceptors (Lipinski definition) is 11. The van der Waals surface area contributed by atoms with Crippen molar-refractivity contribution in [1.29, 1.82) is 0 Å². The van der Waals surface area contributed by atoms with Crippen molar-refractivity contribution in [2.45, 2.75) is 39.8 Å². The smallest absolute Gasteiger partial charge is 0.238 e. The van der Waals surface area contributed by atoms with Gasteiger partial charge < -0.3 is 14.4 Å². The summed E-state index contributed by atoms with van der Waals surface area (Å²) in [6.07, 6.45) is 2.78. The third kappa shape index (κ3) is 6.33. The number of morpholine rings is 1. The molecule has 0 aliphatic carbocycles. The van der Waals surface area contributed by atoms with Crippen LogP contribution < -0.4 is 14.4 Å². The topological polar surface area (TPSA) is 113 Å². The predicted molar refractivity (Wildman–Crippen MR) is 160 cm³/mol. The molecule has 2 aliphatic rings. The van der Waals surface area contributed by atoms with Crippen LogP contribution in [0.1, 0.15) is 31.2 Å². The van der Waals surface area contributed by atoms with Crippen LogP contribution in [0.2, 0.25) is 0 Å². The van der Waals surface area contributed by atoms with Gasteiger partial charge in [0.25, 0.3) is 0 Å². The lowest BCUT2D eigenvalue weighted by Crippen LogP contribution is -2.53. The second-order valence-electron chi connectivity index (χ2n) is 11.4. The van der Waals surface area contributed by atoms with Gasteiger partial charge in [0.2, 0.25) is 21.9 Å². The Bertz CT molecular complexity index is 1470. The largest absolute Gasteiger partial charge is 0.480 e. The van der Waals surface area contributed by atoms with Gasteiger partial charge in [-0.05, 0) is 33.8 Å². The van der Waals surface area contributed by atoms with Crippen molar-refractivity contribution in [3.05, 3.63) is 22.7 Å². The van der Waals surface area contributed by atoms with Crippen molar-refractivity contribution in [2.24, 2.45) is 0 Å². The number of thiophene rings is 1. The van der Waals surface area contributed by atoms with Crippen LogP contribution in [-0.4, -0.2) is 105 Å². The van der Waals surface area contributed by atoms with Crippen molar-refractivity contribution in [1.82, 2.24) is 24.8 Å². The molecule has 13 heteroatoms. The Kier molecular flexibility index (Phi) is 8.22. The fraction of sp³-hybridized carbons (Fsp3) is 0.593. The molecule has 2 aliphatic heterocycles. The molecule has 2 fully saturated rings. The number of piperazine rings is 1. The highest BCUT2D eigenvalue weighted by atomic mass is 32.2. The predicted octanol–water partition coefficient (Wildman–Crippen LogP) is 3.19. The minimum atomic E-state index is -3.54. The van der Waals surface area contributed by atoms with E-state index in [-0.39, 0.29) is 17.1 Å². The molecule has 218 valence electrons. The molecule has 0 bridgehead atoms. The van der Waals surface area contributed by atoms with Gasteiger partial charge in [0.15, 0.2) is 0 Å². The number of hydrogen-bond donors (Lipinski definition) is 1. The summed E-state index contributed by atoms with van der Waals surface area (Å²) < 4.78 is 38.5. The van der Waals surface area contributed by atoms with E-state index < -0.39 is 10.0 Å². The lowest BCUT2D eigenvalue weighted by Gasteiger charge is -2.42. The molecule has 5 heterocycles. The lowest BCUT2D eigenvalue weighted by atomic mass is 10.0. The van der Waals surface area contributed by atoms with Crippen LogP contribution in [0.25, 0.3) is 21.5 Å². The highest BCUT2D eigenvalue weighted by Gasteiger charge is 2.28. The lowest BCUT2D eigenvalue weighted by molar-refractivity contribution is 0.0592. The number of anilines is 2. The summed E-state index contributed by atoms with van der Waals surface area (Å²) in [5.74, 6) is 0.848. The minimum Gasteiger partial charge on any atom is -0.480 e. The first-order valence-electron chi connectivity index (χ1n) is 13.6. The van der Waals surface area contributed by atoms with Crippen LogP contribution in [0, 0.1) is 6.92 Å². The maximum atomic E-state index is 12.1. The maximum absolute atomic E-state index is 12.1. The van der Waals surface area contributed by atoms with E-state index >= 15 is 0 Å². The van der Waals surface area contributed by atoms with E-state index in [9.17, 15) is 8.42 Å². The molecule has 0 aromatic carbocycles. The van der Waals surface area contributed by atoms with E-state index in [0.717, 1.165) is 54.9 Å². The normalized spacial score (nSPS) is 17.9. The quantitative estimate of drug-likeness (QED) is 0.441. The van der Waals surface area contributed by atoms with E-state index in [1.54, 1.807) is 23.6 Å². The molecular formula is C27H39N7O4S2. The van der Waals surface area contributed by atoms with Gasteiger partial charge in [-0.2, -0.15) is 0 Å². The molecule has 11 nitrogen and oxygen atoms in total. The van der Waals surface area contributed by atoms with Gasteiger partial charge >= 0.3 is 0 Å². The van der Waals surface area contributed by atoms with Crippen molar-refractivity contribution in [3.8, 4) is 17.1 Å². The molecule has 3 aromatic heterocycles. The standard InChI is InChI=1S/C27H39N7O4S2/c1-18-20(17-32-7-9-34(10-8-32)27(2,3)4)23-24(39-18)22(29-26(30-23)33-11-13-38-14-12-33)19-15-21(31-40(6,35)36)25(37-5)28-16-19/h15-16,31H,7-14,17H2,1-6H3. The molecule has 0 radical (unpaired) electrons. The van der Waals surface area contributed by atoms with E-state index in [4.69, 9.17) is 19.4 Å². The van der Waals surface area contributed by atoms with E-state index in [0.29, 0.717) is 37.8 Å². The number of fused-ring (bicyclic) bond motifs is 1. The summed E-state index contributed by atoms with van der Waals surface area (Å²) in [4.78, 5) is 22.9.